The average molecular weight is 364 g/mol. The number of hydrogen-bond acceptors (Lipinski definition) is 4. The SMILES string of the molecule is C/C(C=O)=C\C1C(C(=O)OCc2cccc(Oc3ccccc3)c2)C1(C)C. The highest BCUT2D eigenvalue weighted by Gasteiger charge is 2.61. The molecule has 2 unspecified atom stereocenters. The van der Waals surface area contributed by atoms with Crippen LogP contribution in [0.1, 0.15) is 26.3 Å². The van der Waals surface area contributed by atoms with E-state index >= 15 is 0 Å². The van der Waals surface area contributed by atoms with Crippen molar-refractivity contribution in [2.45, 2.75) is 27.4 Å². The number of ether oxygens (including phenoxy) is 2. The van der Waals surface area contributed by atoms with Crippen molar-refractivity contribution in [3.05, 3.63) is 71.8 Å². The third kappa shape index (κ3) is 4.45. The largest absolute Gasteiger partial charge is 0.461 e. The van der Waals surface area contributed by atoms with Crippen molar-refractivity contribution in [2.24, 2.45) is 17.3 Å². The van der Waals surface area contributed by atoms with E-state index in [9.17, 15) is 9.59 Å². The zero-order valence-electron chi connectivity index (χ0n) is 15.8. The smallest absolute Gasteiger partial charge is 0.310 e. The minimum absolute atomic E-state index is 0.0444. The van der Waals surface area contributed by atoms with E-state index in [0.717, 1.165) is 17.6 Å². The van der Waals surface area contributed by atoms with Gasteiger partial charge in [0, 0.05) is 0 Å². The van der Waals surface area contributed by atoms with Gasteiger partial charge in [0.15, 0.2) is 0 Å². The van der Waals surface area contributed by atoms with Gasteiger partial charge in [-0.1, -0.05) is 50.3 Å². The summed E-state index contributed by atoms with van der Waals surface area (Å²) in [4.78, 5) is 23.3. The first-order valence-electron chi connectivity index (χ1n) is 9.04. The number of aldehydes is 1. The Labute approximate surface area is 159 Å². The first-order valence-corrected chi connectivity index (χ1v) is 9.04. The second-order valence-corrected chi connectivity index (χ2v) is 7.52. The molecular formula is C23H24O4. The van der Waals surface area contributed by atoms with Gasteiger partial charge >= 0.3 is 5.97 Å². The van der Waals surface area contributed by atoms with Crippen LogP contribution in [0, 0.1) is 17.3 Å². The van der Waals surface area contributed by atoms with E-state index in [1.165, 1.54) is 0 Å². The molecule has 1 fully saturated rings. The lowest BCUT2D eigenvalue weighted by atomic mass is 10.1. The van der Waals surface area contributed by atoms with Crippen LogP contribution in [0.5, 0.6) is 11.5 Å². The van der Waals surface area contributed by atoms with Gasteiger partial charge in [0.1, 0.15) is 24.4 Å². The van der Waals surface area contributed by atoms with Gasteiger partial charge in [0.05, 0.1) is 5.92 Å². The Hall–Kier alpha value is -2.88. The van der Waals surface area contributed by atoms with Gasteiger partial charge in [-0.3, -0.25) is 9.59 Å². The highest BCUT2D eigenvalue weighted by molar-refractivity contribution is 5.79. The molecule has 0 radical (unpaired) electrons. The Bertz CT molecular complexity index is 852. The van der Waals surface area contributed by atoms with Gasteiger partial charge in [-0.2, -0.15) is 0 Å². The quantitative estimate of drug-likeness (QED) is 0.397. The topological polar surface area (TPSA) is 52.6 Å². The van der Waals surface area contributed by atoms with E-state index in [1.807, 2.05) is 74.5 Å². The molecule has 0 aliphatic heterocycles. The van der Waals surface area contributed by atoms with Crippen molar-refractivity contribution in [2.75, 3.05) is 0 Å². The fourth-order valence-corrected chi connectivity index (χ4v) is 3.33. The Morgan fingerprint density at radius 1 is 1.07 bits per heavy atom. The van der Waals surface area contributed by atoms with Gasteiger partial charge in [-0.25, -0.2) is 0 Å². The van der Waals surface area contributed by atoms with Crippen LogP contribution in [0.2, 0.25) is 0 Å². The fraction of sp³-hybridized carbons (Fsp3) is 0.304. The van der Waals surface area contributed by atoms with E-state index < -0.39 is 0 Å². The second-order valence-electron chi connectivity index (χ2n) is 7.52. The summed E-state index contributed by atoms with van der Waals surface area (Å²) >= 11 is 0. The zero-order chi connectivity index (χ0) is 19.4. The van der Waals surface area contributed by atoms with E-state index in [1.54, 1.807) is 6.92 Å². The molecule has 1 aliphatic rings. The fourth-order valence-electron chi connectivity index (χ4n) is 3.33. The van der Waals surface area contributed by atoms with Gasteiger partial charge in [0.2, 0.25) is 0 Å². The third-order valence-corrected chi connectivity index (χ3v) is 5.05. The molecule has 1 aliphatic carbocycles. The third-order valence-electron chi connectivity index (χ3n) is 5.05. The van der Waals surface area contributed by atoms with Crippen LogP contribution < -0.4 is 4.74 Å². The molecule has 1 saturated carbocycles. The normalized spacial score (nSPS) is 20.6. The zero-order valence-corrected chi connectivity index (χ0v) is 15.8. The van der Waals surface area contributed by atoms with Crippen LogP contribution in [-0.4, -0.2) is 12.3 Å². The lowest BCUT2D eigenvalue weighted by Gasteiger charge is -2.09. The summed E-state index contributed by atoms with van der Waals surface area (Å²) in [6.45, 7) is 5.99. The Kier molecular flexibility index (Phi) is 5.45. The maximum Gasteiger partial charge on any atom is 0.310 e. The van der Waals surface area contributed by atoms with Crippen LogP contribution in [-0.2, 0) is 20.9 Å². The minimum Gasteiger partial charge on any atom is -0.461 e. The maximum absolute atomic E-state index is 12.5. The van der Waals surface area contributed by atoms with E-state index in [-0.39, 0.29) is 29.8 Å². The van der Waals surface area contributed by atoms with Crippen molar-refractivity contribution in [3.8, 4) is 11.5 Å². The summed E-state index contributed by atoms with van der Waals surface area (Å²) in [5.74, 6) is 1.06. The molecule has 0 saturated heterocycles. The molecule has 0 spiro atoms. The molecule has 2 aromatic rings. The lowest BCUT2D eigenvalue weighted by molar-refractivity contribution is -0.147. The molecule has 140 valence electrons. The first kappa shape index (κ1) is 18.9. The first-order chi connectivity index (χ1) is 12.9. The van der Waals surface area contributed by atoms with Gasteiger partial charge in [-0.05, 0) is 53.7 Å². The predicted octanol–water partition coefficient (Wildman–Crippen LogP) is 4.94. The van der Waals surface area contributed by atoms with Crippen molar-refractivity contribution < 1.29 is 19.1 Å². The number of benzene rings is 2. The highest BCUT2D eigenvalue weighted by Crippen LogP contribution is 2.59. The summed E-state index contributed by atoms with van der Waals surface area (Å²) in [5.41, 5.74) is 1.33. The van der Waals surface area contributed by atoms with Crippen molar-refractivity contribution >= 4 is 12.3 Å². The van der Waals surface area contributed by atoms with Crippen LogP contribution in [0.4, 0.5) is 0 Å². The van der Waals surface area contributed by atoms with E-state index in [4.69, 9.17) is 9.47 Å². The number of allylic oxidation sites excluding steroid dienone is 2. The van der Waals surface area contributed by atoms with Crippen molar-refractivity contribution in [1.82, 2.24) is 0 Å². The van der Waals surface area contributed by atoms with Crippen molar-refractivity contribution in [3.63, 3.8) is 0 Å². The van der Waals surface area contributed by atoms with Crippen LogP contribution in [0.3, 0.4) is 0 Å². The summed E-state index contributed by atoms with van der Waals surface area (Å²) in [7, 11) is 0. The summed E-state index contributed by atoms with van der Waals surface area (Å²) in [6, 6.07) is 17.0. The number of esters is 1. The molecule has 2 atom stereocenters. The molecule has 0 amide bonds. The number of hydrogen-bond donors (Lipinski definition) is 0. The number of carbonyl (C=O) groups is 2. The molecule has 4 nitrogen and oxygen atoms in total. The molecule has 0 bridgehead atoms. The molecular weight excluding hydrogens is 340 g/mol. The second kappa shape index (κ2) is 7.78. The molecule has 0 aromatic heterocycles. The van der Waals surface area contributed by atoms with E-state index in [2.05, 4.69) is 0 Å². The summed E-state index contributed by atoms with van der Waals surface area (Å²) in [6.07, 6.45) is 2.68. The van der Waals surface area contributed by atoms with E-state index in [0.29, 0.717) is 11.3 Å². The average Bonchev–Trinajstić information content (AvgIpc) is 3.20. The highest BCUT2D eigenvalue weighted by atomic mass is 16.5. The summed E-state index contributed by atoms with van der Waals surface area (Å²) in [5, 5.41) is 0. The molecule has 0 heterocycles. The maximum atomic E-state index is 12.5. The van der Waals surface area contributed by atoms with Crippen LogP contribution in [0.25, 0.3) is 0 Å². The molecule has 3 rings (SSSR count). The van der Waals surface area contributed by atoms with Gasteiger partial charge in [0.25, 0.3) is 0 Å². The van der Waals surface area contributed by atoms with Gasteiger partial charge in [-0.15, -0.1) is 0 Å². The number of rotatable bonds is 7. The lowest BCUT2D eigenvalue weighted by Crippen LogP contribution is -2.10. The van der Waals surface area contributed by atoms with Crippen LogP contribution in [0.15, 0.2) is 66.2 Å². The molecule has 27 heavy (non-hydrogen) atoms. The Morgan fingerprint density at radius 2 is 1.78 bits per heavy atom. The monoisotopic (exact) mass is 364 g/mol. The number of para-hydroxylation sites is 1. The predicted molar refractivity (Wildman–Crippen MR) is 103 cm³/mol. The Morgan fingerprint density at radius 3 is 2.48 bits per heavy atom. The Balaban J connectivity index is 1.60. The van der Waals surface area contributed by atoms with Gasteiger partial charge < -0.3 is 9.47 Å². The number of carbonyl (C=O) groups excluding carboxylic acids is 2. The standard InChI is InChI=1S/C23H24O4/c1-16(14-24)12-20-21(23(20,2)3)22(25)26-15-17-8-7-11-19(13-17)27-18-9-5-4-6-10-18/h4-14,20-21H,15H2,1-3H3/b16-12+. The van der Waals surface area contributed by atoms with Crippen LogP contribution >= 0.6 is 0 Å². The molecule has 4 heteroatoms. The molecule has 0 N–H and O–H groups in total. The summed E-state index contributed by atoms with van der Waals surface area (Å²) < 4.78 is 11.3. The minimum atomic E-state index is -0.227. The molecule has 2 aromatic carbocycles. The van der Waals surface area contributed by atoms with Crippen molar-refractivity contribution in [1.29, 1.82) is 0 Å².